The van der Waals surface area contributed by atoms with E-state index in [2.05, 4.69) is 10.4 Å². The van der Waals surface area contributed by atoms with Gasteiger partial charge in [0.05, 0.1) is 39.6 Å². The predicted molar refractivity (Wildman–Crippen MR) is 141 cm³/mol. The van der Waals surface area contributed by atoms with Gasteiger partial charge in [0, 0.05) is 38.7 Å². The average Bonchev–Trinajstić information content (AvgIpc) is 3.68. The largest absolute Gasteiger partial charge is 0.478 e. The van der Waals surface area contributed by atoms with E-state index < -0.39 is 23.6 Å². The fraction of sp³-hybridized carbons (Fsp3) is 0.357. The zero-order chi connectivity index (χ0) is 27.4. The van der Waals surface area contributed by atoms with Crippen LogP contribution in [0.25, 0.3) is 11.3 Å². The third-order valence-corrected chi connectivity index (χ3v) is 8.04. The second-order valence-electron chi connectivity index (χ2n) is 10.2. The number of nitrogens with zero attached hydrogens (tertiary/aromatic N) is 3. The van der Waals surface area contributed by atoms with Crippen LogP contribution in [-0.2, 0) is 16.0 Å². The van der Waals surface area contributed by atoms with Crippen LogP contribution in [0.15, 0.2) is 36.4 Å². The summed E-state index contributed by atoms with van der Waals surface area (Å²) >= 11 is 6.53. The van der Waals surface area contributed by atoms with E-state index in [0.29, 0.717) is 35.1 Å². The minimum absolute atomic E-state index is 0.0117. The number of fused-ring (bicyclic) bond motifs is 1. The topological polar surface area (TPSA) is 114 Å². The lowest BCUT2D eigenvalue weighted by Gasteiger charge is -2.40. The average molecular weight is 553 g/mol. The first kappa shape index (κ1) is 25.5. The van der Waals surface area contributed by atoms with Crippen molar-refractivity contribution in [2.75, 3.05) is 32.1 Å². The van der Waals surface area contributed by atoms with Crippen molar-refractivity contribution < 1.29 is 28.6 Å². The fourth-order valence-electron chi connectivity index (χ4n) is 5.36. The van der Waals surface area contributed by atoms with Crippen LogP contribution in [0.5, 0.6) is 0 Å². The number of benzene rings is 2. The van der Waals surface area contributed by atoms with E-state index >= 15 is 4.39 Å². The van der Waals surface area contributed by atoms with Crippen LogP contribution in [0.4, 0.5) is 10.1 Å². The minimum Gasteiger partial charge on any atom is -0.478 e. The van der Waals surface area contributed by atoms with E-state index in [-0.39, 0.29) is 47.7 Å². The van der Waals surface area contributed by atoms with Crippen LogP contribution in [0.3, 0.4) is 0 Å². The van der Waals surface area contributed by atoms with Gasteiger partial charge in [0.1, 0.15) is 11.5 Å². The van der Waals surface area contributed by atoms with Crippen LogP contribution in [0, 0.1) is 11.7 Å². The SMILES string of the molecule is COC1CN(C(=O)[C@@H]2CNc3c(-c4ccc(C(=O)O)cc4F)nn(C(=O)c4c(Cl)cccc4C4CC4)c3C2)C1. The Morgan fingerprint density at radius 2 is 1.95 bits per heavy atom. The number of carboxylic acids is 1. The van der Waals surface area contributed by atoms with Crippen molar-refractivity contribution >= 4 is 35.1 Å². The second-order valence-corrected chi connectivity index (χ2v) is 10.7. The van der Waals surface area contributed by atoms with Crippen molar-refractivity contribution in [3.63, 3.8) is 0 Å². The van der Waals surface area contributed by atoms with Crippen molar-refractivity contribution in [1.29, 1.82) is 0 Å². The summed E-state index contributed by atoms with van der Waals surface area (Å²) in [5.41, 5.74) is 2.10. The molecule has 2 N–H and O–H groups in total. The molecule has 6 rings (SSSR count). The van der Waals surface area contributed by atoms with Crippen LogP contribution in [0.1, 0.15) is 50.7 Å². The van der Waals surface area contributed by atoms with Gasteiger partial charge in [-0.05, 0) is 48.6 Å². The number of carboxylic acid groups (broad SMARTS) is 1. The van der Waals surface area contributed by atoms with Crippen molar-refractivity contribution in [2.24, 2.45) is 5.92 Å². The molecule has 3 aliphatic rings. The molecule has 0 bridgehead atoms. The first-order valence-electron chi connectivity index (χ1n) is 12.8. The van der Waals surface area contributed by atoms with Gasteiger partial charge in [-0.25, -0.2) is 9.18 Å². The van der Waals surface area contributed by atoms with Gasteiger partial charge in [-0.1, -0.05) is 23.7 Å². The van der Waals surface area contributed by atoms with Crippen LogP contribution < -0.4 is 5.32 Å². The number of aromatic carboxylic acids is 1. The number of anilines is 1. The maximum atomic E-state index is 15.2. The summed E-state index contributed by atoms with van der Waals surface area (Å²) in [4.78, 5) is 40.3. The third kappa shape index (κ3) is 4.47. The van der Waals surface area contributed by atoms with E-state index in [0.717, 1.165) is 24.5 Å². The number of aromatic nitrogens is 2. The number of carbonyl (C=O) groups is 3. The molecule has 3 heterocycles. The Morgan fingerprint density at radius 3 is 2.62 bits per heavy atom. The Morgan fingerprint density at radius 1 is 1.18 bits per heavy atom. The molecule has 1 aliphatic carbocycles. The highest BCUT2D eigenvalue weighted by Crippen LogP contribution is 2.44. The van der Waals surface area contributed by atoms with E-state index in [1.54, 1.807) is 18.1 Å². The Labute approximate surface area is 228 Å². The summed E-state index contributed by atoms with van der Waals surface area (Å²) in [5, 5.41) is 17.3. The molecule has 0 radical (unpaired) electrons. The van der Waals surface area contributed by atoms with Gasteiger partial charge in [0.15, 0.2) is 0 Å². The van der Waals surface area contributed by atoms with Gasteiger partial charge in [-0.3, -0.25) is 9.59 Å². The van der Waals surface area contributed by atoms with Gasteiger partial charge < -0.3 is 20.1 Å². The monoisotopic (exact) mass is 552 g/mol. The molecule has 2 aromatic carbocycles. The smallest absolute Gasteiger partial charge is 0.335 e. The molecule has 9 nitrogen and oxygen atoms in total. The molecule has 202 valence electrons. The highest BCUT2D eigenvalue weighted by atomic mass is 35.5. The Hall–Kier alpha value is -3.76. The number of hydrogen-bond donors (Lipinski definition) is 2. The standard InChI is InChI=1S/C28H26ClFN4O5/c1-39-17-12-33(13-17)26(35)16-10-22-25(31-11-16)24(19-8-7-15(28(37)38)9-21(19)30)32-34(22)27(36)23-18(14-5-6-14)3-2-4-20(23)29/h2-4,7-9,14,16-17,31H,5-6,10-13H2,1H3,(H,37,38)/t16-/m0/s1. The quantitative estimate of drug-likeness (QED) is 0.474. The lowest BCUT2D eigenvalue weighted by Crippen LogP contribution is -2.57. The molecule has 3 aromatic rings. The molecule has 0 spiro atoms. The zero-order valence-corrected chi connectivity index (χ0v) is 21.9. The highest BCUT2D eigenvalue weighted by Gasteiger charge is 2.39. The Bertz CT molecular complexity index is 1510. The van der Waals surface area contributed by atoms with Crippen molar-refractivity contribution in [3.8, 4) is 11.3 Å². The van der Waals surface area contributed by atoms with Crippen LogP contribution in [0.2, 0.25) is 5.02 Å². The lowest BCUT2D eigenvalue weighted by molar-refractivity contribution is -0.147. The van der Waals surface area contributed by atoms with Crippen molar-refractivity contribution in [1.82, 2.24) is 14.7 Å². The third-order valence-electron chi connectivity index (χ3n) is 7.73. The van der Waals surface area contributed by atoms with Crippen LogP contribution in [-0.4, -0.2) is 70.4 Å². The number of nitrogens with one attached hydrogen (secondary N) is 1. The molecule has 0 unspecified atom stereocenters. The number of hydrogen-bond acceptors (Lipinski definition) is 6. The summed E-state index contributed by atoms with van der Waals surface area (Å²) in [6.45, 7) is 1.29. The number of ether oxygens (including phenoxy) is 1. The van der Waals surface area contributed by atoms with Crippen LogP contribution >= 0.6 is 11.6 Å². The van der Waals surface area contributed by atoms with Crippen molar-refractivity contribution in [2.45, 2.75) is 31.3 Å². The molecular weight excluding hydrogens is 527 g/mol. The molecule has 2 aliphatic heterocycles. The van der Waals surface area contributed by atoms with E-state index in [1.165, 1.54) is 16.8 Å². The van der Waals surface area contributed by atoms with Gasteiger partial charge >= 0.3 is 5.97 Å². The van der Waals surface area contributed by atoms with E-state index in [1.807, 2.05) is 12.1 Å². The molecule has 1 amide bonds. The summed E-state index contributed by atoms with van der Waals surface area (Å²) in [6.07, 6.45) is 2.14. The summed E-state index contributed by atoms with van der Waals surface area (Å²) in [6, 6.07) is 8.91. The first-order chi connectivity index (χ1) is 18.8. The molecular formula is C28H26ClFN4O5. The van der Waals surface area contributed by atoms with Gasteiger partial charge in [-0.15, -0.1) is 0 Å². The molecule has 1 saturated carbocycles. The number of likely N-dealkylation sites (tertiary alicyclic amines) is 1. The summed E-state index contributed by atoms with van der Waals surface area (Å²) in [5.74, 6) is -2.77. The number of rotatable bonds is 6. The number of carbonyl (C=O) groups excluding carboxylic acids is 2. The number of halogens is 2. The molecule has 1 atom stereocenters. The lowest BCUT2D eigenvalue weighted by atomic mass is 9.93. The number of amides is 1. The Kier molecular flexibility index (Phi) is 6.39. The summed E-state index contributed by atoms with van der Waals surface area (Å²) < 4.78 is 21.7. The molecule has 11 heteroatoms. The van der Waals surface area contributed by atoms with Gasteiger partial charge in [0.25, 0.3) is 5.91 Å². The van der Waals surface area contributed by atoms with Gasteiger partial charge in [-0.2, -0.15) is 9.78 Å². The fourth-order valence-corrected chi connectivity index (χ4v) is 5.62. The van der Waals surface area contributed by atoms with Gasteiger partial charge in [0.2, 0.25) is 5.91 Å². The molecule has 1 aromatic heterocycles. The minimum atomic E-state index is -1.25. The molecule has 2 fully saturated rings. The maximum absolute atomic E-state index is 15.2. The zero-order valence-electron chi connectivity index (χ0n) is 21.1. The van der Waals surface area contributed by atoms with E-state index in [4.69, 9.17) is 16.3 Å². The Balaban J connectivity index is 1.43. The highest BCUT2D eigenvalue weighted by molar-refractivity contribution is 6.34. The predicted octanol–water partition coefficient (Wildman–Crippen LogP) is 4.05. The number of methoxy groups -OCH3 is 1. The van der Waals surface area contributed by atoms with Crippen molar-refractivity contribution in [3.05, 3.63) is 69.6 Å². The summed E-state index contributed by atoms with van der Waals surface area (Å²) in [7, 11) is 1.61. The first-order valence-corrected chi connectivity index (χ1v) is 13.2. The molecule has 1 saturated heterocycles. The normalized spacial score (nSPS) is 18.7. The van der Waals surface area contributed by atoms with E-state index in [9.17, 15) is 19.5 Å². The molecule has 39 heavy (non-hydrogen) atoms. The second kappa shape index (κ2) is 9.77. The maximum Gasteiger partial charge on any atom is 0.335 e.